The van der Waals surface area contributed by atoms with Gasteiger partial charge in [0.1, 0.15) is 0 Å². The number of nitrogens with two attached hydrogens (primary N) is 2. The summed E-state index contributed by atoms with van der Waals surface area (Å²) in [5, 5.41) is 0. The van der Waals surface area contributed by atoms with Gasteiger partial charge < -0.3 is 15.2 Å². The highest BCUT2D eigenvalue weighted by atomic mass is 16.5. The van der Waals surface area contributed by atoms with Crippen molar-refractivity contribution in [2.45, 2.75) is 78.5 Å². The fourth-order valence-electron chi connectivity index (χ4n) is 2.87. The predicted molar refractivity (Wildman–Crippen MR) is 88.9 cm³/mol. The Hall–Kier alpha value is -0.200. The normalized spacial score (nSPS) is 15.3. The number of rotatable bonds is 11. The van der Waals surface area contributed by atoms with E-state index in [0.29, 0.717) is 19.8 Å². The summed E-state index contributed by atoms with van der Waals surface area (Å²) in [6, 6.07) is 0.228. The molecule has 0 saturated heterocycles. The van der Waals surface area contributed by atoms with E-state index < -0.39 is 0 Å². The third kappa shape index (κ3) is 12.1. The predicted octanol–water partition coefficient (Wildman–Crippen LogP) is 2.19. The Morgan fingerprint density at radius 3 is 2.10 bits per heavy atom. The number of ether oxygens (including phenoxy) is 2. The highest BCUT2D eigenvalue weighted by molar-refractivity contribution is 4.82. The van der Waals surface area contributed by atoms with Crippen molar-refractivity contribution in [3.8, 4) is 0 Å². The number of hydrogen-bond acceptors (Lipinski definition) is 5. The van der Waals surface area contributed by atoms with E-state index in [1.165, 1.54) is 0 Å². The highest BCUT2D eigenvalue weighted by Crippen LogP contribution is 2.26. The van der Waals surface area contributed by atoms with Crippen LogP contribution in [0.15, 0.2) is 0 Å². The Balaban J connectivity index is 3.90. The molecule has 0 bridgehead atoms. The summed E-state index contributed by atoms with van der Waals surface area (Å²) in [7, 11) is 0. The summed E-state index contributed by atoms with van der Waals surface area (Å²) in [5.74, 6) is 5.41. The largest absolute Gasteiger partial charge is 0.379 e. The van der Waals surface area contributed by atoms with E-state index in [1.807, 2.05) is 20.8 Å². The van der Waals surface area contributed by atoms with Gasteiger partial charge in [0.25, 0.3) is 0 Å². The lowest BCUT2D eigenvalue weighted by Crippen LogP contribution is -2.40. The quantitative estimate of drug-likeness (QED) is 0.310. The summed E-state index contributed by atoms with van der Waals surface area (Å²) in [6.07, 6.45) is 1.78. The zero-order chi connectivity index (χ0) is 16.7. The van der Waals surface area contributed by atoms with Gasteiger partial charge in [0.2, 0.25) is 0 Å². The molecule has 5 nitrogen and oxygen atoms in total. The second-order valence-corrected chi connectivity index (χ2v) is 8.26. The van der Waals surface area contributed by atoms with E-state index in [9.17, 15) is 0 Å². The van der Waals surface area contributed by atoms with E-state index in [-0.39, 0.29) is 22.6 Å². The van der Waals surface area contributed by atoms with Crippen molar-refractivity contribution in [1.82, 2.24) is 5.43 Å². The standard InChI is InChI=1S/C16H37N3O2/c1-13(19-18)10-16(6,7)21-9-8-20-12-14(2,3)11-15(4,5)17/h13,19H,8-12,17-18H2,1-7H3. The van der Waals surface area contributed by atoms with Crippen LogP contribution in [0, 0.1) is 5.41 Å². The van der Waals surface area contributed by atoms with E-state index >= 15 is 0 Å². The lowest BCUT2D eigenvalue weighted by molar-refractivity contribution is -0.0632. The highest BCUT2D eigenvalue weighted by Gasteiger charge is 2.26. The molecule has 0 radical (unpaired) electrons. The Morgan fingerprint density at radius 2 is 1.62 bits per heavy atom. The van der Waals surface area contributed by atoms with Crippen molar-refractivity contribution in [2.75, 3.05) is 19.8 Å². The van der Waals surface area contributed by atoms with Gasteiger partial charge in [0.05, 0.1) is 25.4 Å². The maximum atomic E-state index is 6.07. The molecule has 0 aromatic carbocycles. The van der Waals surface area contributed by atoms with Crippen LogP contribution >= 0.6 is 0 Å². The Bertz CT molecular complexity index is 286. The molecular weight excluding hydrogens is 266 g/mol. The van der Waals surface area contributed by atoms with E-state index in [2.05, 4.69) is 33.1 Å². The van der Waals surface area contributed by atoms with Gasteiger partial charge >= 0.3 is 0 Å². The second-order valence-electron chi connectivity index (χ2n) is 8.26. The summed E-state index contributed by atoms with van der Waals surface area (Å²) in [4.78, 5) is 0. The fourth-order valence-corrected chi connectivity index (χ4v) is 2.87. The zero-order valence-electron chi connectivity index (χ0n) is 15.1. The van der Waals surface area contributed by atoms with Crippen LogP contribution in [0.3, 0.4) is 0 Å². The minimum Gasteiger partial charge on any atom is -0.379 e. The van der Waals surface area contributed by atoms with Gasteiger partial charge in [-0.2, -0.15) is 0 Å². The molecule has 1 atom stereocenters. The summed E-state index contributed by atoms with van der Waals surface area (Å²) in [6.45, 7) is 16.5. The van der Waals surface area contributed by atoms with Crippen molar-refractivity contribution >= 4 is 0 Å². The average molecular weight is 303 g/mol. The monoisotopic (exact) mass is 303 g/mol. The molecule has 0 saturated carbocycles. The number of hydrogen-bond donors (Lipinski definition) is 3. The first-order valence-electron chi connectivity index (χ1n) is 7.84. The Kier molecular flexibility index (Phi) is 8.36. The lowest BCUT2D eigenvalue weighted by Gasteiger charge is -2.32. The maximum absolute atomic E-state index is 6.07. The van der Waals surface area contributed by atoms with Gasteiger partial charge in [0, 0.05) is 11.6 Å². The summed E-state index contributed by atoms with van der Waals surface area (Å²) in [5.41, 5.74) is 8.51. The molecule has 0 aromatic heterocycles. The van der Waals surface area contributed by atoms with Crippen molar-refractivity contribution in [2.24, 2.45) is 17.0 Å². The van der Waals surface area contributed by atoms with Crippen molar-refractivity contribution in [3.05, 3.63) is 0 Å². The minimum atomic E-state index is -0.204. The molecule has 0 fully saturated rings. The van der Waals surface area contributed by atoms with Gasteiger partial charge in [-0.05, 0) is 52.9 Å². The van der Waals surface area contributed by atoms with Crippen LogP contribution in [0.4, 0.5) is 0 Å². The van der Waals surface area contributed by atoms with Gasteiger partial charge in [0.15, 0.2) is 0 Å². The summed E-state index contributed by atoms with van der Waals surface area (Å²) >= 11 is 0. The fraction of sp³-hybridized carbons (Fsp3) is 1.00. The van der Waals surface area contributed by atoms with Crippen LogP contribution in [-0.4, -0.2) is 37.0 Å². The smallest absolute Gasteiger partial charge is 0.0707 e. The maximum Gasteiger partial charge on any atom is 0.0707 e. The first kappa shape index (κ1) is 20.8. The Morgan fingerprint density at radius 1 is 1.05 bits per heavy atom. The third-order valence-corrected chi connectivity index (χ3v) is 3.23. The molecule has 5 heteroatoms. The van der Waals surface area contributed by atoms with E-state index in [0.717, 1.165) is 12.8 Å². The van der Waals surface area contributed by atoms with Crippen LogP contribution in [0.2, 0.25) is 0 Å². The van der Waals surface area contributed by atoms with Gasteiger partial charge in [-0.3, -0.25) is 11.3 Å². The van der Waals surface area contributed by atoms with Gasteiger partial charge in [-0.1, -0.05) is 13.8 Å². The molecule has 0 spiro atoms. The molecular formula is C16H37N3O2. The first-order valence-corrected chi connectivity index (χ1v) is 7.84. The molecule has 128 valence electrons. The van der Waals surface area contributed by atoms with Crippen molar-refractivity contribution in [1.29, 1.82) is 0 Å². The zero-order valence-corrected chi connectivity index (χ0v) is 15.1. The summed E-state index contributed by atoms with van der Waals surface area (Å²) < 4.78 is 11.6. The number of nitrogens with one attached hydrogen (secondary N) is 1. The SMILES string of the molecule is CC(CC(C)(C)OCCOCC(C)(C)CC(C)(C)N)NN. The molecule has 0 rings (SSSR count). The molecule has 5 N–H and O–H groups in total. The van der Waals surface area contributed by atoms with Crippen molar-refractivity contribution < 1.29 is 9.47 Å². The van der Waals surface area contributed by atoms with Gasteiger partial charge in [-0.15, -0.1) is 0 Å². The molecule has 0 amide bonds. The van der Waals surface area contributed by atoms with Crippen LogP contribution in [0.1, 0.15) is 61.3 Å². The van der Waals surface area contributed by atoms with Crippen LogP contribution in [-0.2, 0) is 9.47 Å². The van der Waals surface area contributed by atoms with E-state index in [1.54, 1.807) is 0 Å². The molecule has 1 unspecified atom stereocenters. The van der Waals surface area contributed by atoms with Crippen molar-refractivity contribution in [3.63, 3.8) is 0 Å². The topological polar surface area (TPSA) is 82.5 Å². The molecule has 21 heavy (non-hydrogen) atoms. The molecule has 0 aliphatic carbocycles. The lowest BCUT2D eigenvalue weighted by atomic mass is 9.81. The molecule has 0 aliphatic heterocycles. The van der Waals surface area contributed by atoms with E-state index in [4.69, 9.17) is 21.1 Å². The molecule has 0 aliphatic rings. The molecule has 0 aromatic rings. The van der Waals surface area contributed by atoms with Crippen LogP contribution in [0.25, 0.3) is 0 Å². The average Bonchev–Trinajstić information content (AvgIpc) is 2.24. The van der Waals surface area contributed by atoms with Crippen LogP contribution < -0.4 is 17.0 Å². The number of hydrazine groups is 1. The minimum absolute atomic E-state index is 0.0752. The Labute approximate surface area is 131 Å². The molecule has 0 heterocycles. The second kappa shape index (κ2) is 8.44. The van der Waals surface area contributed by atoms with Crippen LogP contribution in [0.5, 0.6) is 0 Å². The third-order valence-electron chi connectivity index (χ3n) is 3.23. The van der Waals surface area contributed by atoms with Gasteiger partial charge in [-0.25, -0.2) is 0 Å². The first-order chi connectivity index (χ1) is 9.37.